The predicted molar refractivity (Wildman–Crippen MR) is 86.7 cm³/mol. The number of nitrogens with one attached hydrogen (secondary N) is 1. The summed E-state index contributed by atoms with van der Waals surface area (Å²) in [4.78, 5) is 4.38. The molecular weight excluding hydrogens is 270 g/mol. The quantitative estimate of drug-likeness (QED) is 0.661. The van der Waals surface area contributed by atoms with Gasteiger partial charge in [0.25, 0.3) is 0 Å². The van der Waals surface area contributed by atoms with Crippen LogP contribution in [0.2, 0.25) is 0 Å². The third-order valence-corrected chi connectivity index (χ3v) is 5.95. The van der Waals surface area contributed by atoms with Gasteiger partial charge in [0.1, 0.15) is 0 Å². The lowest BCUT2D eigenvalue weighted by atomic mass is 9.84. The molecule has 110 valence electrons. The summed E-state index contributed by atoms with van der Waals surface area (Å²) in [5, 5.41) is 3.10. The molecule has 1 fully saturated rings. The first-order chi connectivity index (χ1) is 9.43. The number of hydrogen-bond acceptors (Lipinski definition) is 2. The van der Waals surface area contributed by atoms with Gasteiger partial charge < -0.3 is 11.1 Å². The predicted octanol–water partition coefficient (Wildman–Crippen LogP) is 2.33. The Labute approximate surface area is 123 Å². The molecule has 3 N–H and O–H groups in total. The molecule has 0 heterocycles. The Kier molecular flexibility index (Phi) is 4.48. The fourth-order valence-electron chi connectivity index (χ4n) is 2.34. The molecule has 2 rings (SSSR count). The normalized spacial score (nSPS) is 19.2. The van der Waals surface area contributed by atoms with Crippen LogP contribution < -0.4 is 11.1 Å². The molecule has 0 aliphatic heterocycles. The zero-order chi connectivity index (χ0) is 14.8. The van der Waals surface area contributed by atoms with Crippen LogP contribution in [0.15, 0.2) is 23.2 Å². The fourth-order valence-corrected chi connectivity index (χ4v) is 3.45. The van der Waals surface area contributed by atoms with E-state index in [-0.39, 0.29) is 4.75 Å². The summed E-state index contributed by atoms with van der Waals surface area (Å²) in [5.41, 5.74) is 9.33. The zero-order valence-corrected chi connectivity index (χ0v) is 13.2. The van der Waals surface area contributed by atoms with E-state index in [0.717, 1.165) is 24.9 Å². The number of aryl methyl sites for hydroxylation is 2. The van der Waals surface area contributed by atoms with E-state index in [1.807, 2.05) is 6.07 Å². The van der Waals surface area contributed by atoms with Crippen molar-refractivity contribution in [2.45, 2.75) is 37.9 Å². The number of nitrogens with zero attached hydrogens (tertiary/aromatic N) is 1. The Morgan fingerprint density at radius 1 is 1.40 bits per heavy atom. The number of aliphatic imine (C=N–C) groups is 1. The summed E-state index contributed by atoms with van der Waals surface area (Å²) in [7, 11) is -0.842. The van der Waals surface area contributed by atoms with Gasteiger partial charge in [-0.25, -0.2) is 0 Å². The molecule has 1 unspecified atom stereocenters. The number of anilines is 1. The Hall–Kier alpha value is -1.36. The van der Waals surface area contributed by atoms with Crippen molar-refractivity contribution in [3.63, 3.8) is 0 Å². The maximum Gasteiger partial charge on any atom is 0.193 e. The van der Waals surface area contributed by atoms with Gasteiger partial charge in [-0.05, 0) is 49.9 Å². The average molecular weight is 293 g/mol. The van der Waals surface area contributed by atoms with E-state index < -0.39 is 10.8 Å². The van der Waals surface area contributed by atoms with E-state index >= 15 is 0 Å². The van der Waals surface area contributed by atoms with E-state index in [1.54, 1.807) is 6.26 Å². The Balaban J connectivity index is 2.00. The first-order valence-electron chi connectivity index (χ1n) is 6.91. The van der Waals surface area contributed by atoms with Crippen LogP contribution in [-0.4, -0.2) is 27.7 Å². The molecule has 1 aromatic carbocycles. The maximum atomic E-state index is 11.8. The van der Waals surface area contributed by atoms with Gasteiger partial charge in [-0.1, -0.05) is 12.5 Å². The number of hydrogen-bond donors (Lipinski definition) is 2. The van der Waals surface area contributed by atoms with Crippen LogP contribution >= 0.6 is 0 Å². The zero-order valence-electron chi connectivity index (χ0n) is 12.4. The third kappa shape index (κ3) is 3.20. The van der Waals surface area contributed by atoms with Gasteiger partial charge in [0.05, 0.1) is 11.3 Å². The summed E-state index contributed by atoms with van der Waals surface area (Å²) in [6.45, 7) is 4.69. The topological polar surface area (TPSA) is 67.5 Å². The Morgan fingerprint density at radius 3 is 2.60 bits per heavy atom. The van der Waals surface area contributed by atoms with Gasteiger partial charge >= 0.3 is 0 Å². The standard InChI is InChI=1S/C15H23N3OS/c1-11-5-6-13(9-12(11)2)18-14(16)17-10-15(20(3)19)7-4-8-15/h5-6,9H,4,7-8,10H2,1-3H3,(H3,16,17,18). The molecule has 1 aliphatic carbocycles. The molecule has 1 aliphatic rings. The van der Waals surface area contributed by atoms with Gasteiger partial charge in [-0.3, -0.25) is 9.20 Å². The van der Waals surface area contributed by atoms with E-state index in [9.17, 15) is 4.21 Å². The van der Waals surface area contributed by atoms with Crippen molar-refractivity contribution in [3.8, 4) is 0 Å². The monoisotopic (exact) mass is 293 g/mol. The minimum atomic E-state index is -0.842. The first kappa shape index (κ1) is 15.0. The summed E-state index contributed by atoms with van der Waals surface area (Å²) >= 11 is 0. The highest BCUT2D eigenvalue weighted by molar-refractivity contribution is 7.85. The first-order valence-corrected chi connectivity index (χ1v) is 8.46. The van der Waals surface area contributed by atoms with Crippen molar-refractivity contribution < 1.29 is 4.21 Å². The van der Waals surface area contributed by atoms with Gasteiger partial charge in [-0.2, -0.15) is 0 Å². The molecule has 0 bridgehead atoms. The van der Waals surface area contributed by atoms with E-state index in [4.69, 9.17) is 5.73 Å². The molecule has 1 saturated carbocycles. The number of nitrogens with two attached hydrogens (primary N) is 1. The summed E-state index contributed by atoms with van der Waals surface area (Å²) < 4.78 is 11.6. The van der Waals surface area contributed by atoms with Crippen LogP contribution in [0.5, 0.6) is 0 Å². The Morgan fingerprint density at radius 2 is 2.10 bits per heavy atom. The van der Waals surface area contributed by atoms with Crippen molar-refractivity contribution in [1.29, 1.82) is 0 Å². The van der Waals surface area contributed by atoms with Gasteiger partial charge in [0, 0.05) is 22.7 Å². The van der Waals surface area contributed by atoms with Crippen LogP contribution in [-0.2, 0) is 10.8 Å². The molecule has 4 nitrogen and oxygen atoms in total. The Bertz CT molecular complexity index is 550. The lowest BCUT2D eigenvalue weighted by molar-refractivity contribution is 0.361. The number of guanidine groups is 1. The summed E-state index contributed by atoms with van der Waals surface area (Å²) in [6.07, 6.45) is 4.87. The van der Waals surface area contributed by atoms with Crippen LogP contribution in [0.25, 0.3) is 0 Å². The molecule has 0 amide bonds. The fraction of sp³-hybridized carbons (Fsp3) is 0.533. The molecule has 20 heavy (non-hydrogen) atoms. The van der Waals surface area contributed by atoms with Crippen LogP contribution in [0.4, 0.5) is 5.69 Å². The molecule has 1 aromatic rings. The van der Waals surface area contributed by atoms with Crippen LogP contribution in [0.1, 0.15) is 30.4 Å². The lowest BCUT2D eigenvalue weighted by Gasteiger charge is -2.38. The second kappa shape index (κ2) is 5.95. The van der Waals surface area contributed by atoms with Crippen LogP contribution in [0.3, 0.4) is 0 Å². The molecular formula is C15H23N3OS. The van der Waals surface area contributed by atoms with Crippen molar-refractivity contribution in [1.82, 2.24) is 0 Å². The van der Waals surface area contributed by atoms with Gasteiger partial charge in [0.2, 0.25) is 0 Å². The molecule has 0 saturated heterocycles. The second-order valence-electron chi connectivity index (χ2n) is 5.62. The second-order valence-corrected chi connectivity index (χ2v) is 7.39. The smallest absolute Gasteiger partial charge is 0.193 e. The third-order valence-electron chi connectivity index (χ3n) is 4.19. The SMILES string of the molecule is Cc1ccc(NC(N)=NCC2(S(C)=O)CCC2)cc1C. The van der Waals surface area contributed by atoms with Crippen molar-refractivity contribution in [2.75, 3.05) is 18.1 Å². The van der Waals surface area contributed by atoms with Gasteiger partial charge in [0.15, 0.2) is 5.96 Å². The highest BCUT2D eigenvalue weighted by Gasteiger charge is 2.40. The molecule has 0 radical (unpaired) electrons. The molecule has 0 spiro atoms. The minimum absolute atomic E-state index is 0.143. The van der Waals surface area contributed by atoms with Crippen molar-refractivity contribution >= 4 is 22.4 Å². The average Bonchev–Trinajstić information content (AvgIpc) is 2.32. The summed E-state index contributed by atoms with van der Waals surface area (Å²) in [5.74, 6) is 0.393. The highest BCUT2D eigenvalue weighted by Crippen LogP contribution is 2.37. The van der Waals surface area contributed by atoms with Crippen LogP contribution in [0, 0.1) is 13.8 Å². The number of benzene rings is 1. The summed E-state index contributed by atoms with van der Waals surface area (Å²) in [6, 6.07) is 6.09. The highest BCUT2D eigenvalue weighted by atomic mass is 32.2. The molecule has 5 heteroatoms. The minimum Gasteiger partial charge on any atom is -0.370 e. The van der Waals surface area contributed by atoms with E-state index in [0.29, 0.717) is 12.5 Å². The lowest BCUT2D eigenvalue weighted by Crippen LogP contribution is -2.44. The van der Waals surface area contributed by atoms with E-state index in [2.05, 4.69) is 36.3 Å². The molecule has 1 atom stereocenters. The van der Waals surface area contributed by atoms with Gasteiger partial charge in [-0.15, -0.1) is 0 Å². The maximum absolute atomic E-state index is 11.8. The number of rotatable bonds is 4. The largest absolute Gasteiger partial charge is 0.370 e. The van der Waals surface area contributed by atoms with Crippen molar-refractivity contribution in [3.05, 3.63) is 29.3 Å². The molecule has 0 aromatic heterocycles. The van der Waals surface area contributed by atoms with E-state index in [1.165, 1.54) is 11.1 Å². The van der Waals surface area contributed by atoms with Crippen molar-refractivity contribution in [2.24, 2.45) is 10.7 Å².